The lowest BCUT2D eigenvalue weighted by Gasteiger charge is -2.31. The van der Waals surface area contributed by atoms with Crippen LogP contribution in [0.3, 0.4) is 0 Å². The van der Waals surface area contributed by atoms with E-state index in [0.717, 1.165) is 25.1 Å². The molecule has 0 bridgehead atoms. The van der Waals surface area contributed by atoms with E-state index in [9.17, 15) is 9.59 Å². The molecule has 6 heteroatoms. The quantitative estimate of drug-likeness (QED) is 0.747. The van der Waals surface area contributed by atoms with Gasteiger partial charge in [0.25, 0.3) is 5.91 Å². The number of hydrogen-bond acceptors (Lipinski definition) is 4. The Kier molecular flexibility index (Phi) is 5.67. The summed E-state index contributed by atoms with van der Waals surface area (Å²) in [4.78, 5) is 29.6. The number of fused-ring (bicyclic) bond motifs is 2. The van der Waals surface area contributed by atoms with E-state index in [-0.39, 0.29) is 17.4 Å². The number of nitrogens with one attached hydrogen (secondary N) is 1. The number of para-hydroxylation sites is 2. The van der Waals surface area contributed by atoms with Crippen molar-refractivity contribution in [2.75, 3.05) is 23.8 Å². The number of amides is 2. The molecular formula is C21H27N3O2S. The first-order valence-corrected chi connectivity index (χ1v) is 10.2. The molecule has 0 aliphatic carbocycles. The maximum absolute atomic E-state index is 13.1. The van der Waals surface area contributed by atoms with E-state index in [4.69, 9.17) is 0 Å². The molecule has 0 unspecified atom stereocenters. The smallest absolute Gasteiger partial charge is 0.258 e. The number of hydrogen-bond donors (Lipinski definition) is 1. The number of rotatable bonds is 5. The van der Waals surface area contributed by atoms with Gasteiger partial charge in [-0.15, -0.1) is 11.3 Å². The van der Waals surface area contributed by atoms with E-state index in [1.54, 1.807) is 10.3 Å². The van der Waals surface area contributed by atoms with Crippen LogP contribution in [-0.2, 0) is 4.79 Å². The molecular weight excluding hydrogens is 358 g/mol. The van der Waals surface area contributed by atoms with Crippen LogP contribution in [0.5, 0.6) is 0 Å². The van der Waals surface area contributed by atoms with E-state index < -0.39 is 0 Å². The number of thiophene rings is 1. The molecule has 1 aliphatic heterocycles. The molecule has 0 spiro atoms. The minimum atomic E-state index is -0.166. The Morgan fingerprint density at radius 1 is 1.15 bits per heavy atom. The largest absolute Gasteiger partial charge is 0.320 e. The second kappa shape index (κ2) is 7.82. The van der Waals surface area contributed by atoms with Gasteiger partial charge in [-0.25, -0.2) is 0 Å². The summed E-state index contributed by atoms with van der Waals surface area (Å²) in [6.45, 7) is 7.52. The second-order valence-electron chi connectivity index (χ2n) is 7.92. The molecule has 1 N–H and O–H groups in total. The lowest BCUT2D eigenvalue weighted by atomic mass is 10.1. The van der Waals surface area contributed by atoms with E-state index in [1.165, 1.54) is 11.3 Å². The zero-order chi connectivity index (χ0) is 19.6. The fraction of sp³-hybridized carbons (Fsp3) is 0.429. The summed E-state index contributed by atoms with van der Waals surface area (Å²) < 4.78 is 0. The SMILES string of the molecule is CN(CCCCC(=O)N1c2ccccc2NC(=O)c2cscc21)C(C)(C)C. The van der Waals surface area contributed by atoms with Crippen molar-refractivity contribution in [2.24, 2.45) is 0 Å². The first kappa shape index (κ1) is 19.6. The van der Waals surface area contributed by atoms with Crippen LogP contribution in [0.1, 0.15) is 50.4 Å². The Balaban J connectivity index is 1.75. The Morgan fingerprint density at radius 3 is 2.63 bits per heavy atom. The van der Waals surface area contributed by atoms with Crippen molar-refractivity contribution in [3.05, 3.63) is 40.6 Å². The molecule has 0 atom stereocenters. The Morgan fingerprint density at radius 2 is 1.89 bits per heavy atom. The van der Waals surface area contributed by atoms with E-state index >= 15 is 0 Å². The van der Waals surface area contributed by atoms with Gasteiger partial charge < -0.3 is 10.2 Å². The van der Waals surface area contributed by atoms with Crippen LogP contribution >= 0.6 is 11.3 Å². The molecule has 1 aromatic carbocycles. The standard InChI is InChI=1S/C21H27N3O2S/c1-21(2,3)23(4)12-8-7-11-19(25)24-17-10-6-5-9-16(17)22-20(26)15-13-27-14-18(15)24/h5-6,9-10,13-14H,7-8,11-12H2,1-4H3,(H,22,26). The van der Waals surface area contributed by atoms with Crippen molar-refractivity contribution in [3.63, 3.8) is 0 Å². The van der Waals surface area contributed by atoms with Gasteiger partial charge in [-0.3, -0.25) is 14.5 Å². The minimum absolute atomic E-state index is 0.0250. The maximum Gasteiger partial charge on any atom is 0.258 e. The van der Waals surface area contributed by atoms with Gasteiger partial charge in [0.1, 0.15) is 0 Å². The van der Waals surface area contributed by atoms with Crippen molar-refractivity contribution in [1.82, 2.24) is 4.90 Å². The highest BCUT2D eigenvalue weighted by atomic mass is 32.1. The number of nitrogens with zero attached hydrogens (tertiary/aromatic N) is 2. The van der Waals surface area contributed by atoms with Gasteiger partial charge in [0.2, 0.25) is 5.91 Å². The third-order valence-corrected chi connectivity index (χ3v) is 5.78. The van der Waals surface area contributed by atoms with Crippen molar-refractivity contribution < 1.29 is 9.59 Å². The molecule has 3 rings (SSSR count). The molecule has 0 saturated heterocycles. The summed E-state index contributed by atoms with van der Waals surface area (Å²) >= 11 is 1.44. The van der Waals surface area contributed by atoms with E-state index in [2.05, 4.69) is 38.0 Å². The average Bonchev–Trinajstić information content (AvgIpc) is 3.04. The number of anilines is 3. The number of unbranched alkanes of at least 4 members (excludes halogenated alkanes) is 1. The minimum Gasteiger partial charge on any atom is -0.320 e. The summed E-state index contributed by atoms with van der Waals surface area (Å²) in [7, 11) is 2.11. The first-order chi connectivity index (χ1) is 12.8. The molecule has 2 aromatic rings. The monoisotopic (exact) mass is 385 g/mol. The van der Waals surface area contributed by atoms with E-state index in [1.807, 2.05) is 29.6 Å². The average molecular weight is 386 g/mol. The van der Waals surface area contributed by atoms with Crippen LogP contribution in [0.2, 0.25) is 0 Å². The molecule has 0 saturated carbocycles. The Labute approximate surface area is 165 Å². The molecule has 0 fully saturated rings. The molecule has 27 heavy (non-hydrogen) atoms. The molecule has 0 radical (unpaired) electrons. The third kappa shape index (κ3) is 4.22. The lowest BCUT2D eigenvalue weighted by Crippen LogP contribution is -2.38. The van der Waals surface area contributed by atoms with E-state index in [0.29, 0.717) is 23.4 Å². The van der Waals surface area contributed by atoms with Crippen LogP contribution < -0.4 is 10.2 Å². The Hall–Kier alpha value is -2.18. The van der Waals surface area contributed by atoms with Gasteiger partial charge in [-0.1, -0.05) is 12.1 Å². The summed E-state index contributed by atoms with van der Waals surface area (Å²) in [5.74, 6) is -0.141. The predicted molar refractivity (Wildman–Crippen MR) is 112 cm³/mol. The number of carbonyl (C=O) groups excluding carboxylic acids is 2. The van der Waals surface area contributed by atoms with Gasteiger partial charge in [0, 0.05) is 22.7 Å². The molecule has 144 valence electrons. The zero-order valence-corrected chi connectivity index (χ0v) is 17.2. The van der Waals surface area contributed by atoms with Gasteiger partial charge in [0.05, 0.1) is 22.6 Å². The zero-order valence-electron chi connectivity index (χ0n) is 16.4. The third-order valence-electron chi connectivity index (χ3n) is 5.05. The molecule has 2 amide bonds. The highest BCUT2D eigenvalue weighted by Gasteiger charge is 2.29. The fourth-order valence-electron chi connectivity index (χ4n) is 3.07. The number of carbonyl (C=O) groups is 2. The van der Waals surface area contributed by atoms with Crippen molar-refractivity contribution >= 4 is 40.2 Å². The first-order valence-electron chi connectivity index (χ1n) is 9.30. The summed E-state index contributed by atoms with van der Waals surface area (Å²) in [5.41, 5.74) is 2.77. The summed E-state index contributed by atoms with van der Waals surface area (Å²) in [5, 5.41) is 6.59. The van der Waals surface area contributed by atoms with Crippen LogP contribution in [-0.4, -0.2) is 35.8 Å². The Bertz CT molecular complexity index is 838. The van der Waals surface area contributed by atoms with Gasteiger partial charge in [0.15, 0.2) is 0 Å². The van der Waals surface area contributed by atoms with Crippen molar-refractivity contribution in [1.29, 1.82) is 0 Å². The maximum atomic E-state index is 13.1. The topological polar surface area (TPSA) is 52.7 Å². The van der Waals surface area contributed by atoms with Gasteiger partial charge >= 0.3 is 0 Å². The fourth-order valence-corrected chi connectivity index (χ4v) is 3.86. The molecule has 5 nitrogen and oxygen atoms in total. The predicted octanol–water partition coefficient (Wildman–Crippen LogP) is 4.88. The van der Waals surface area contributed by atoms with Crippen molar-refractivity contribution in [3.8, 4) is 0 Å². The van der Waals surface area contributed by atoms with Crippen molar-refractivity contribution in [2.45, 2.75) is 45.6 Å². The van der Waals surface area contributed by atoms with Gasteiger partial charge in [-0.05, 0) is 59.3 Å². The molecule has 1 aromatic heterocycles. The van der Waals surface area contributed by atoms with Crippen LogP contribution in [0.4, 0.5) is 17.1 Å². The van der Waals surface area contributed by atoms with Crippen LogP contribution in [0.15, 0.2) is 35.0 Å². The second-order valence-corrected chi connectivity index (χ2v) is 8.66. The van der Waals surface area contributed by atoms with Crippen LogP contribution in [0.25, 0.3) is 0 Å². The highest BCUT2D eigenvalue weighted by Crippen LogP contribution is 2.39. The van der Waals surface area contributed by atoms with Gasteiger partial charge in [-0.2, -0.15) is 0 Å². The lowest BCUT2D eigenvalue weighted by molar-refractivity contribution is -0.118. The molecule has 2 heterocycles. The molecule has 1 aliphatic rings. The number of benzene rings is 1. The highest BCUT2D eigenvalue weighted by molar-refractivity contribution is 7.08. The van der Waals surface area contributed by atoms with Crippen LogP contribution in [0, 0.1) is 0 Å². The summed E-state index contributed by atoms with van der Waals surface area (Å²) in [6, 6.07) is 7.47. The summed E-state index contributed by atoms with van der Waals surface area (Å²) in [6.07, 6.45) is 2.23. The normalized spacial score (nSPS) is 13.8.